The summed E-state index contributed by atoms with van der Waals surface area (Å²) in [6, 6.07) is 14.8. The molecule has 1 aliphatic rings. The molecule has 4 rings (SSSR count). The van der Waals surface area contributed by atoms with Gasteiger partial charge in [0.2, 0.25) is 5.13 Å². The molecule has 1 aromatic heterocycles. The molecular weight excluding hydrogens is 368 g/mol. The maximum atomic E-state index is 12.4. The molecule has 2 aromatic carbocycles. The highest BCUT2D eigenvalue weighted by Gasteiger charge is 2.35. The lowest BCUT2D eigenvalue weighted by atomic mass is 10.1. The van der Waals surface area contributed by atoms with Crippen LogP contribution in [0.2, 0.25) is 0 Å². The standard InChI is InChI=1S/C18H14N4O2S2/c1-11-6-2-5-9-14(11)19-17-20-21-18(26-17)25-10-22-15(23)12-7-3-4-8-13(12)16(22)24/h2-9H,10H2,1H3,(H,19,20). The Hall–Kier alpha value is -2.71. The molecule has 8 heteroatoms. The molecule has 0 aliphatic carbocycles. The van der Waals surface area contributed by atoms with Crippen molar-refractivity contribution >= 4 is 45.7 Å². The number of aromatic nitrogens is 2. The molecule has 1 N–H and O–H groups in total. The first-order valence-corrected chi connectivity index (χ1v) is 9.68. The summed E-state index contributed by atoms with van der Waals surface area (Å²) >= 11 is 2.71. The highest BCUT2D eigenvalue weighted by atomic mass is 32.2. The Morgan fingerprint density at radius 3 is 2.35 bits per heavy atom. The van der Waals surface area contributed by atoms with E-state index in [1.807, 2.05) is 31.2 Å². The van der Waals surface area contributed by atoms with Gasteiger partial charge in [0.05, 0.1) is 17.0 Å². The molecule has 0 unspecified atom stereocenters. The van der Waals surface area contributed by atoms with Gasteiger partial charge in [0.15, 0.2) is 4.34 Å². The number of amides is 2. The minimum absolute atomic E-state index is 0.214. The van der Waals surface area contributed by atoms with Crippen LogP contribution in [-0.2, 0) is 0 Å². The number of hydrogen-bond acceptors (Lipinski definition) is 7. The SMILES string of the molecule is Cc1ccccc1Nc1nnc(SCN2C(=O)c3ccccc3C2=O)s1. The van der Waals surface area contributed by atoms with Crippen LogP contribution in [0.4, 0.5) is 10.8 Å². The van der Waals surface area contributed by atoms with E-state index in [2.05, 4.69) is 15.5 Å². The van der Waals surface area contributed by atoms with Crippen molar-refractivity contribution < 1.29 is 9.59 Å². The van der Waals surface area contributed by atoms with Gasteiger partial charge in [-0.15, -0.1) is 10.2 Å². The Morgan fingerprint density at radius 2 is 1.65 bits per heavy atom. The van der Waals surface area contributed by atoms with Crippen molar-refractivity contribution in [2.75, 3.05) is 11.2 Å². The zero-order valence-electron chi connectivity index (χ0n) is 13.8. The third-order valence-electron chi connectivity index (χ3n) is 3.99. The molecule has 0 saturated heterocycles. The second-order valence-electron chi connectivity index (χ2n) is 5.67. The largest absolute Gasteiger partial charge is 0.330 e. The predicted molar refractivity (Wildman–Crippen MR) is 102 cm³/mol. The maximum Gasteiger partial charge on any atom is 0.262 e. The van der Waals surface area contributed by atoms with Crippen LogP contribution in [0, 0.1) is 6.92 Å². The molecule has 6 nitrogen and oxygen atoms in total. The zero-order valence-corrected chi connectivity index (χ0v) is 15.4. The minimum Gasteiger partial charge on any atom is -0.330 e. The van der Waals surface area contributed by atoms with Gasteiger partial charge in [-0.3, -0.25) is 14.5 Å². The van der Waals surface area contributed by atoms with Crippen LogP contribution in [0.5, 0.6) is 0 Å². The van der Waals surface area contributed by atoms with E-state index in [4.69, 9.17) is 0 Å². The van der Waals surface area contributed by atoms with E-state index < -0.39 is 0 Å². The molecule has 0 atom stereocenters. The van der Waals surface area contributed by atoms with Gasteiger partial charge in [0.25, 0.3) is 11.8 Å². The zero-order chi connectivity index (χ0) is 18.1. The topological polar surface area (TPSA) is 75.2 Å². The third-order valence-corrected chi connectivity index (χ3v) is 5.94. The van der Waals surface area contributed by atoms with E-state index in [0.29, 0.717) is 20.6 Å². The van der Waals surface area contributed by atoms with Gasteiger partial charge < -0.3 is 5.32 Å². The number of carbonyl (C=O) groups is 2. The van der Waals surface area contributed by atoms with Crippen molar-refractivity contribution in [3.05, 3.63) is 65.2 Å². The lowest BCUT2D eigenvalue weighted by Gasteiger charge is -2.11. The second-order valence-corrected chi connectivity index (χ2v) is 7.84. The number of carbonyl (C=O) groups excluding carboxylic acids is 2. The number of thioether (sulfide) groups is 1. The van der Waals surface area contributed by atoms with Gasteiger partial charge in [-0.1, -0.05) is 53.4 Å². The molecule has 0 spiro atoms. The van der Waals surface area contributed by atoms with Gasteiger partial charge in [-0.2, -0.15) is 0 Å². The lowest BCUT2D eigenvalue weighted by molar-refractivity contribution is 0.0684. The molecule has 130 valence electrons. The summed E-state index contributed by atoms with van der Waals surface area (Å²) in [5.74, 6) is -0.313. The molecule has 0 bridgehead atoms. The average molecular weight is 382 g/mol. The summed E-state index contributed by atoms with van der Waals surface area (Å²) in [5.41, 5.74) is 3.00. The highest BCUT2D eigenvalue weighted by Crippen LogP contribution is 2.31. The Bertz CT molecular complexity index is 967. The summed E-state index contributed by atoms with van der Waals surface area (Å²) in [4.78, 5) is 26.0. The van der Waals surface area contributed by atoms with Crippen molar-refractivity contribution in [1.29, 1.82) is 0 Å². The Morgan fingerprint density at radius 1 is 1.00 bits per heavy atom. The van der Waals surface area contributed by atoms with E-state index in [-0.39, 0.29) is 17.7 Å². The van der Waals surface area contributed by atoms with Crippen LogP contribution >= 0.6 is 23.1 Å². The predicted octanol–water partition coefficient (Wildman–Crippen LogP) is 3.94. The number of anilines is 2. The van der Waals surface area contributed by atoms with Gasteiger partial charge >= 0.3 is 0 Å². The molecular formula is C18H14N4O2S2. The number of hydrogen-bond donors (Lipinski definition) is 1. The number of nitrogens with one attached hydrogen (secondary N) is 1. The van der Waals surface area contributed by atoms with E-state index in [1.54, 1.807) is 24.3 Å². The van der Waals surface area contributed by atoms with E-state index in [1.165, 1.54) is 28.0 Å². The fourth-order valence-corrected chi connectivity index (χ4v) is 4.32. The second kappa shape index (κ2) is 6.89. The number of benzene rings is 2. The first-order chi connectivity index (χ1) is 12.6. The minimum atomic E-state index is -0.263. The molecule has 1 aliphatic heterocycles. The van der Waals surface area contributed by atoms with Crippen molar-refractivity contribution in [3.63, 3.8) is 0 Å². The summed E-state index contributed by atoms with van der Waals surface area (Å²) in [6.07, 6.45) is 0. The van der Waals surface area contributed by atoms with Crippen LogP contribution in [0.15, 0.2) is 52.9 Å². The summed E-state index contributed by atoms with van der Waals surface area (Å²) in [7, 11) is 0. The maximum absolute atomic E-state index is 12.4. The van der Waals surface area contributed by atoms with Crippen LogP contribution in [0.1, 0.15) is 26.3 Å². The summed E-state index contributed by atoms with van der Waals surface area (Å²) < 4.78 is 0.692. The van der Waals surface area contributed by atoms with E-state index in [0.717, 1.165) is 11.3 Å². The molecule has 26 heavy (non-hydrogen) atoms. The summed E-state index contributed by atoms with van der Waals surface area (Å²) in [5, 5.41) is 12.2. The number of fused-ring (bicyclic) bond motifs is 1. The molecule has 0 fully saturated rings. The fraction of sp³-hybridized carbons (Fsp3) is 0.111. The lowest BCUT2D eigenvalue weighted by Crippen LogP contribution is -2.29. The molecule has 2 heterocycles. The molecule has 2 amide bonds. The third kappa shape index (κ3) is 3.09. The Kier molecular flexibility index (Phi) is 4.44. The number of imide groups is 1. The van der Waals surface area contributed by atoms with Gasteiger partial charge in [0.1, 0.15) is 0 Å². The van der Waals surface area contributed by atoms with Crippen LogP contribution in [0.25, 0.3) is 0 Å². The Balaban J connectivity index is 1.42. The smallest absolute Gasteiger partial charge is 0.262 e. The number of para-hydroxylation sites is 1. The van der Waals surface area contributed by atoms with Gasteiger partial charge in [-0.25, -0.2) is 0 Å². The normalized spacial score (nSPS) is 13.2. The highest BCUT2D eigenvalue weighted by molar-refractivity contribution is 8.01. The van der Waals surface area contributed by atoms with Crippen molar-refractivity contribution in [1.82, 2.24) is 15.1 Å². The van der Waals surface area contributed by atoms with Crippen molar-refractivity contribution in [3.8, 4) is 0 Å². The first kappa shape index (κ1) is 16.7. The van der Waals surface area contributed by atoms with Crippen LogP contribution < -0.4 is 5.32 Å². The molecule has 0 radical (unpaired) electrons. The number of rotatable bonds is 5. The van der Waals surface area contributed by atoms with Crippen LogP contribution in [0.3, 0.4) is 0 Å². The fourth-order valence-electron chi connectivity index (χ4n) is 2.62. The molecule has 0 saturated carbocycles. The van der Waals surface area contributed by atoms with E-state index >= 15 is 0 Å². The average Bonchev–Trinajstić information content (AvgIpc) is 3.19. The van der Waals surface area contributed by atoms with Gasteiger partial charge in [0, 0.05) is 5.69 Å². The van der Waals surface area contributed by atoms with Gasteiger partial charge in [-0.05, 0) is 30.7 Å². The van der Waals surface area contributed by atoms with Crippen molar-refractivity contribution in [2.45, 2.75) is 11.3 Å². The Labute approximate surface area is 158 Å². The summed E-state index contributed by atoms with van der Waals surface area (Å²) in [6.45, 7) is 2.02. The monoisotopic (exact) mass is 382 g/mol. The number of nitrogens with zero attached hydrogens (tertiary/aromatic N) is 3. The van der Waals surface area contributed by atoms with E-state index in [9.17, 15) is 9.59 Å². The molecule has 3 aromatic rings. The quantitative estimate of drug-likeness (QED) is 0.532. The first-order valence-electron chi connectivity index (χ1n) is 7.87. The van der Waals surface area contributed by atoms with Crippen molar-refractivity contribution in [2.24, 2.45) is 0 Å². The van der Waals surface area contributed by atoms with Crippen LogP contribution in [-0.4, -0.2) is 32.8 Å². The number of aryl methyl sites for hydroxylation is 1.